The molecule has 0 unspecified atom stereocenters. The van der Waals surface area contributed by atoms with Crippen molar-refractivity contribution >= 4 is 0 Å². The molecular formula is C13H23F2Zr-3. The fourth-order valence-corrected chi connectivity index (χ4v) is 0.340. The van der Waals surface area contributed by atoms with Crippen molar-refractivity contribution in [2.24, 2.45) is 0 Å². The first-order valence-electron chi connectivity index (χ1n) is 5.13. The molecule has 0 saturated carbocycles. The predicted octanol–water partition coefficient (Wildman–Crippen LogP) is -1.45. The smallest absolute Gasteiger partial charge is 1.00 e. The summed E-state index contributed by atoms with van der Waals surface area (Å²) < 4.78 is 0. The first-order chi connectivity index (χ1) is 6.33. The zero-order valence-corrected chi connectivity index (χ0v) is 12.9. The number of allylic oxidation sites excluding steroid dienone is 4. The fraction of sp³-hybridized carbons (Fsp3) is 0.538. The summed E-state index contributed by atoms with van der Waals surface area (Å²) in [6.45, 7) is 11.4. The Morgan fingerprint density at radius 3 is 1.50 bits per heavy atom. The van der Waals surface area contributed by atoms with Crippen molar-refractivity contribution in [3.63, 3.8) is 0 Å². The molecule has 16 heavy (non-hydrogen) atoms. The van der Waals surface area contributed by atoms with Crippen LogP contribution < -0.4 is 9.41 Å². The second kappa shape index (κ2) is 36.2. The third-order valence-electron chi connectivity index (χ3n) is 1.29. The van der Waals surface area contributed by atoms with Crippen molar-refractivity contribution < 1.29 is 35.6 Å². The molecule has 0 amide bonds. The van der Waals surface area contributed by atoms with E-state index in [0.29, 0.717) is 0 Å². The Morgan fingerprint density at radius 2 is 1.44 bits per heavy atom. The van der Waals surface area contributed by atoms with E-state index in [1.807, 2.05) is 12.2 Å². The van der Waals surface area contributed by atoms with Crippen LogP contribution in [-0.2, 0) is 26.2 Å². The van der Waals surface area contributed by atoms with Crippen LogP contribution in [0.4, 0.5) is 0 Å². The number of hydrogen-bond acceptors (Lipinski definition) is 0. The van der Waals surface area contributed by atoms with Gasteiger partial charge in [-0.2, -0.15) is 18.9 Å². The molecule has 0 spiro atoms. The van der Waals surface area contributed by atoms with Gasteiger partial charge in [0.25, 0.3) is 0 Å². The van der Waals surface area contributed by atoms with Gasteiger partial charge in [0.15, 0.2) is 0 Å². The summed E-state index contributed by atoms with van der Waals surface area (Å²) in [5, 5.41) is 0. The molecule has 0 saturated heterocycles. The van der Waals surface area contributed by atoms with Crippen LogP contribution in [0.3, 0.4) is 0 Å². The third kappa shape index (κ3) is 47.7. The first-order valence-corrected chi connectivity index (χ1v) is 5.13. The maximum atomic E-state index is 3.60. The Bertz CT molecular complexity index is 105. The quantitative estimate of drug-likeness (QED) is 0.548. The van der Waals surface area contributed by atoms with Crippen LogP contribution in [0.2, 0.25) is 0 Å². The van der Waals surface area contributed by atoms with E-state index in [2.05, 4.69) is 39.8 Å². The Hall–Kier alpha value is 0.223. The molecule has 0 aliphatic heterocycles. The molecule has 0 fully saturated rings. The van der Waals surface area contributed by atoms with Gasteiger partial charge < -0.3 is 23.3 Å². The first kappa shape index (κ1) is 29.8. The topological polar surface area (TPSA) is 0 Å². The molecule has 0 nitrogen and oxygen atoms in total. The maximum absolute atomic E-state index is 3.60. The third-order valence-corrected chi connectivity index (χ3v) is 1.29. The molecule has 1 rings (SSSR count). The van der Waals surface area contributed by atoms with Crippen LogP contribution in [0.1, 0.15) is 46.0 Å². The minimum Gasteiger partial charge on any atom is -1.00 e. The van der Waals surface area contributed by atoms with Gasteiger partial charge in [-0.3, -0.25) is 6.08 Å². The van der Waals surface area contributed by atoms with Crippen molar-refractivity contribution in [1.29, 1.82) is 0 Å². The van der Waals surface area contributed by atoms with Crippen LogP contribution >= 0.6 is 0 Å². The van der Waals surface area contributed by atoms with Crippen LogP contribution in [0.5, 0.6) is 0 Å². The molecule has 0 N–H and O–H groups in total. The molecule has 96 valence electrons. The van der Waals surface area contributed by atoms with E-state index in [-0.39, 0.29) is 35.6 Å². The molecule has 0 radical (unpaired) electrons. The summed E-state index contributed by atoms with van der Waals surface area (Å²) in [5.74, 6) is 0. The predicted molar refractivity (Wildman–Crippen MR) is 62.1 cm³/mol. The maximum Gasteiger partial charge on any atom is 2.00 e. The molecule has 3 heteroatoms. The summed E-state index contributed by atoms with van der Waals surface area (Å²) >= 11 is 0. The largest absolute Gasteiger partial charge is 2.00 e. The average molecular weight is 309 g/mol. The van der Waals surface area contributed by atoms with E-state index in [9.17, 15) is 0 Å². The van der Waals surface area contributed by atoms with Gasteiger partial charge in [-0.1, -0.05) is 26.7 Å². The zero-order valence-electron chi connectivity index (χ0n) is 10.4. The molecule has 1 aliphatic rings. The number of hydrogen-bond donors (Lipinski definition) is 0. The molecular weight excluding hydrogens is 285 g/mol. The van der Waals surface area contributed by atoms with Gasteiger partial charge in [0, 0.05) is 0 Å². The molecule has 0 aromatic rings. The van der Waals surface area contributed by atoms with Crippen molar-refractivity contribution in [1.82, 2.24) is 0 Å². The van der Waals surface area contributed by atoms with Crippen LogP contribution in [0.25, 0.3) is 0 Å². The van der Waals surface area contributed by atoms with E-state index in [4.69, 9.17) is 0 Å². The second-order valence-corrected chi connectivity index (χ2v) is 2.71. The minimum atomic E-state index is 0. The van der Waals surface area contributed by atoms with Crippen molar-refractivity contribution in [2.45, 2.75) is 46.0 Å². The standard InChI is InChI=1S/C5H5.2C4H9.2FH.Zr/c1-2-4-5-3-1;2*1-3-4-2;;;/h1-3H,4H2;2*1,3-4H2,2H3;2*1H;/q3*-1;;;+2/p-2. The van der Waals surface area contributed by atoms with Gasteiger partial charge in [0.2, 0.25) is 0 Å². The van der Waals surface area contributed by atoms with Crippen molar-refractivity contribution in [3.05, 3.63) is 38.2 Å². The SMILES string of the molecule is [C-]1=CC=CC1.[CH2-]CCC.[CH2-]CCC.[F-].[F-].[Zr+2]. The minimum absolute atomic E-state index is 0. The summed E-state index contributed by atoms with van der Waals surface area (Å²) in [5.41, 5.74) is 0. The Kier molecular flexibility index (Phi) is 67.5. The van der Waals surface area contributed by atoms with E-state index >= 15 is 0 Å². The molecule has 0 bridgehead atoms. The number of halogens is 2. The van der Waals surface area contributed by atoms with Crippen molar-refractivity contribution in [3.8, 4) is 0 Å². The normalized spacial score (nSPS) is 9.25. The monoisotopic (exact) mass is 307 g/mol. The average Bonchev–Trinajstić information content (AvgIpc) is 2.76. The van der Waals surface area contributed by atoms with Gasteiger partial charge in [-0.05, 0) is 0 Å². The fourth-order valence-electron chi connectivity index (χ4n) is 0.340. The van der Waals surface area contributed by atoms with Crippen LogP contribution in [0, 0.1) is 19.9 Å². The van der Waals surface area contributed by atoms with E-state index in [1.54, 1.807) is 0 Å². The molecule has 1 aliphatic carbocycles. The summed E-state index contributed by atoms with van der Waals surface area (Å²) in [7, 11) is 0. The van der Waals surface area contributed by atoms with Crippen LogP contribution in [-0.4, -0.2) is 0 Å². The molecule has 0 aromatic heterocycles. The van der Waals surface area contributed by atoms with Gasteiger partial charge in [-0.15, -0.1) is 6.42 Å². The van der Waals surface area contributed by atoms with E-state index in [1.165, 1.54) is 12.8 Å². The second-order valence-electron chi connectivity index (χ2n) is 2.71. The number of rotatable bonds is 2. The van der Waals surface area contributed by atoms with Crippen LogP contribution in [0.15, 0.2) is 18.2 Å². The molecule has 0 heterocycles. The Balaban J connectivity index is -0.0000000350. The van der Waals surface area contributed by atoms with E-state index in [0.717, 1.165) is 19.3 Å². The van der Waals surface area contributed by atoms with E-state index < -0.39 is 0 Å². The number of unbranched alkanes of at least 4 members (excludes halogenated alkanes) is 2. The Morgan fingerprint density at radius 1 is 1.06 bits per heavy atom. The van der Waals surface area contributed by atoms with Gasteiger partial charge in [0.05, 0.1) is 0 Å². The van der Waals surface area contributed by atoms with Gasteiger partial charge in [0.1, 0.15) is 0 Å². The summed E-state index contributed by atoms with van der Waals surface area (Å²) in [6.07, 6.45) is 14.6. The Labute approximate surface area is 119 Å². The molecule has 0 aromatic carbocycles. The molecule has 0 atom stereocenters. The van der Waals surface area contributed by atoms with Gasteiger partial charge in [-0.25, -0.2) is 12.2 Å². The summed E-state index contributed by atoms with van der Waals surface area (Å²) in [6, 6.07) is 0. The zero-order chi connectivity index (χ0) is 10.4. The van der Waals surface area contributed by atoms with Crippen molar-refractivity contribution in [2.75, 3.05) is 0 Å². The summed E-state index contributed by atoms with van der Waals surface area (Å²) in [4.78, 5) is 0. The van der Waals surface area contributed by atoms with Gasteiger partial charge >= 0.3 is 26.2 Å².